The molecule has 0 radical (unpaired) electrons. The second-order valence-electron chi connectivity index (χ2n) is 4.61. The third kappa shape index (κ3) is 5.46. The number of rotatable bonds is 7. The third-order valence-corrected chi connectivity index (χ3v) is 3.84. The number of thioether (sulfide) groups is 1. The molecule has 2 nitrogen and oxygen atoms in total. The smallest absolute Gasteiger partial charge is 0.0316 e. The molecular weight excluding hydrogens is 228 g/mol. The molecule has 0 amide bonds. The van der Waals surface area contributed by atoms with Crippen LogP contribution in [0, 0.1) is 0 Å². The number of likely N-dealkylation sites (N-methyl/N-ethyl adjacent to an activating group) is 1. The van der Waals surface area contributed by atoms with Gasteiger partial charge in [0.15, 0.2) is 0 Å². The summed E-state index contributed by atoms with van der Waals surface area (Å²) in [6.45, 7) is 3.40. The van der Waals surface area contributed by atoms with E-state index in [0.717, 1.165) is 18.7 Å². The van der Waals surface area contributed by atoms with Gasteiger partial charge in [0.2, 0.25) is 0 Å². The quantitative estimate of drug-likeness (QED) is 0.757. The summed E-state index contributed by atoms with van der Waals surface area (Å²) in [7, 11) is 2.21. The molecule has 96 valence electrons. The Balaban J connectivity index is 2.34. The Kier molecular flexibility index (Phi) is 6.45. The van der Waals surface area contributed by atoms with E-state index in [1.165, 1.54) is 17.7 Å². The van der Waals surface area contributed by atoms with Gasteiger partial charge >= 0.3 is 0 Å². The molecule has 0 aliphatic carbocycles. The van der Waals surface area contributed by atoms with E-state index in [1.807, 2.05) is 23.9 Å². The van der Waals surface area contributed by atoms with Gasteiger partial charge in [-0.1, -0.05) is 12.1 Å². The highest BCUT2D eigenvalue weighted by Gasteiger charge is 2.08. The highest BCUT2D eigenvalue weighted by Crippen LogP contribution is 2.10. The van der Waals surface area contributed by atoms with Gasteiger partial charge in [0.1, 0.15) is 0 Å². The van der Waals surface area contributed by atoms with Gasteiger partial charge in [-0.2, -0.15) is 11.8 Å². The largest absolute Gasteiger partial charge is 0.399 e. The minimum atomic E-state index is 0.656. The van der Waals surface area contributed by atoms with Gasteiger partial charge < -0.3 is 10.6 Å². The van der Waals surface area contributed by atoms with Crippen molar-refractivity contribution in [3.05, 3.63) is 29.8 Å². The standard InChI is InChI=1S/C14H24N2S/c1-12(8-10-17-3)16(2)9-7-13-5-4-6-14(15)11-13/h4-6,11-12H,7-10,15H2,1-3H3. The average molecular weight is 252 g/mol. The van der Waals surface area contributed by atoms with Crippen molar-refractivity contribution >= 4 is 17.4 Å². The zero-order chi connectivity index (χ0) is 12.7. The summed E-state index contributed by atoms with van der Waals surface area (Å²) in [5.41, 5.74) is 7.96. The summed E-state index contributed by atoms with van der Waals surface area (Å²) < 4.78 is 0. The van der Waals surface area contributed by atoms with Gasteiger partial charge in [0.25, 0.3) is 0 Å². The maximum Gasteiger partial charge on any atom is 0.0316 e. The second-order valence-corrected chi connectivity index (χ2v) is 5.59. The molecule has 17 heavy (non-hydrogen) atoms. The molecule has 0 bridgehead atoms. The van der Waals surface area contributed by atoms with Crippen molar-refractivity contribution < 1.29 is 0 Å². The van der Waals surface area contributed by atoms with Crippen LogP contribution in [0.5, 0.6) is 0 Å². The molecule has 2 N–H and O–H groups in total. The van der Waals surface area contributed by atoms with Crippen LogP contribution in [0.4, 0.5) is 5.69 Å². The van der Waals surface area contributed by atoms with E-state index in [0.29, 0.717) is 6.04 Å². The molecule has 0 aliphatic rings. The lowest BCUT2D eigenvalue weighted by Crippen LogP contribution is -2.31. The van der Waals surface area contributed by atoms with Crippen LogP contribution in [-0.4, -0.2) is 36.5 Å². The van der Waals surface area contributed by atoms with E-state index in [4.69, 9.17) is 5.73 Å². The van der Waals surface area contributed by atoms with Crippen LogP contribution in [0.1, 0.15) is 18.9 Å². The van der Waals surface area contributed by atoms with Crippen molar-refractivity contribution in [2.24, 2.45) is 0 Å². The lowest BCUT2D eigenvalue weighted by Gasteiger charge is -2.24. The van der Waals surface area contributed by atoms with E-state index in [2.05, 4.69) is 37.3 Å². The molecule has 3 heteroatoms. The van der Waals surface area contributed by atoms with Crippen LogP contribution >= 0.6 is 11.8 Å². The minimum absolute atomic E-state index is 0.656. The predicted octanol–water partition coefficient (Wildman–Crippen LogP) is 2.88. The van der Waals surface area contributed by atoms with Gasteiger partial charge in [0, 0.05) is 18.3 Å². The number of hydrogen-bond acceptors (Lipinski definition) is 3. The van der Waals surface area contributed by atoms with E-state index >= 15 is 0 Å². The van der Waals surface area contributed by atoms with E-state index in [1.54, 1.807) is 0 Å². The molecule has 0 aromatic heterocycles. The molecule has 0 heterocycles. The fourth-order valence-corrected chi connectivity index (χ4v) is 2.36. The van der Waals surface area contributed by atoms with Crippen LogP contribution < -0.4 is 5.73 Å². The number of anilines is 1. The first-order valence-corrected chi connectivity index (χ1v) is 7.56. The van der Waals surface area contributed by atoms with Gasteiger partial charge in [-0.3, -0.25) is 0 Å². The summed E-state index contributed by atoms with van der Waals surface area (Å²) in [5, 5.41) is 0. The van der Waals surface area contributed by atoms with Crippen LogP contribution in [0.2, 0.25) is 0 Å². The summed E-state index contributed by atoms with van der Waals surface area (Å²) in [4.78, 5) is 2.43. The van der Waals surface area contributed by atoms with Gasteiger partial charge in [-0.15, -0.1) is 0 Å². The van der Waals surface area contributed by atoms with Gasteiger partial charge in [0.05, 0.1) is 0 Å². The van der Waals surface area contributed by atoms with Gasteiger partial charge in [-0.25, -0.2) is 0 Å². The Morgan fingerprint density at radius 1 is 1.41 bits per heavy atom. The first-order valence-electron chi connectivity index (χ1n) is 6.17. The first-order chi connectivity index (χ1) is 8.13. The van der Waals surface area contributed by atoms with Crippen molar-refractivity contribution in [2.45, 2.75) is 25.8 Å². The Morgan fingerprint density at radius 2 is 2.18 bits per heavy atom. The summed E-state index contributed by atoms with van der Waals surface area (Å²) in [5.74, 6) is 1.24. The molecule has 1 rings (SSSR count). The summed E-state index contributed by atoms with van der Waals surface area (Å²) in [6.07, 6.45) is 4.50. The molecule has 1 unspecified atom stereocenters. The maximum atomic E-state index is 5.77. The molecular formula is C14H24N2S. The Morgan fingerprint density at radius 3 is 2.82 bits per heavy atom. The molecule has 1 aromatic rings. The van der Waals surface area contributed by atoms with Crippen LogP contribution in [0.15, 0.2) is 24.3 Å². The van der Waals surface area contributed by atoms with Crippen molar-refractivity contribution in [1.29, 1.82) is 0 Å². The summed E-state index contributed by atoms with van der Waals surface area (Å²) in [6, 6.07) is 8.84. The van der Waals surface area contributed by atoms with Crippen molar-refractivity contribution in [1.82, 2.24) is 4.90 Å². The molecule has 0 aliphatic heterocycles. The van der Waals surface area contributed by atoms with Gasteiger partial charge in [-0.05, 0) is 56.5 Å². The molecule has 0 saturated heterocycles. The van der Waals surface area contributed by atoms with E-state index in [9.17, 15) is 0 Å². The van der Waals surface area contributed by atoms with Crippen molar-refractivity contribution in [2.75, 3.05) is 31.3 Å². The Hall–Kier alpha value is -0.670. The third-order valence-electron chi connectivity index (χ3n) is 3.20. The topological polar surface area (TPSA) is 29.3 Å². The SMILES string of the molecule is CSCCC(C)N(C)CCc1cccc(N)c1. The van der Waals surface area contributed by atoms with Crippen LogP contribution in [0.3, 0.4) is 0 Å². The fraction of sp³-hybridized carbons (Fsp3) is 0.571. The zero-order valence-corrected chi connectivity index (χ0v) is 12.0. The van der Waals surface area contributed by atoms with E-state index < -0.39 is 0 Å². The minimum Gasteiger partial charge on any atom is -0.399 e. The molecule has 0 fully saturated rings. The second kappa shape index (κ2) is 7.62. The van der Waals surface area contributed by atoms with Crippen molar-refractivity contribution in [3.63, 3.8) is 0 Å². The molecule has 0 saturated carbocycles. The first kappa shape index (κ1) is 14.4. The normalized spacial score (nSPS) is 12.9. The number of nitrogens with zero attached hydrogens (tertiary/aromatic N) is 1. The Bertz CT molecular complexity index is 328. The monoisotopic (exact) mass is 252 g/mol. The molecule has 1 atom stereocenters. The maximum absolute atomic E-state index is 5.77. The number of nitrogen functional groups attached to an aromatic ring is 1. The molecule has 1 aromatic carbocycles. The zero-order valence-electron chi connectivity index (χ0n) is 11.1. The number of hydrogen-bond donors (Lipinski definition) is 1. The summed E-state index contributed by atoms with van der Waals surface area (Å²) >= 11 is 1.92. The average Bonchev–Trinajstić information content (AvgIpc) is 2.33. The lowest BCUT2D eigenvalue weighted by molar-refractivity contribution is 0.256. The number of nitrogens with two attached hydrogens (primary N) is 1. The molecule has 0 spiro atoms. The van der Waals surface area contributed by atoms with Crippen LogP contribution in [0.25, 0.3) is 0 Å². The highest BCUT2D eigenvalue weighted by atomic mass is 32.2. The fourth-order valence-electron chi connectivity index (χ4n) is 1.78. The van der Waals surface area contributed by atoms with Crippen LogP contribution in [-0.2, 0) is 6.42 Å². The van der Waals surface area contributed by atoms with Crippen molar-refractivity contribution in [3.8, 4) is 0 Å². The Labute approximate surface area is 110 Å². The lowest BCUT2D eigenvalue weighted by atomic mass is 10.1. The van der Waals surface area contributed by atoms with E-state index in [-0.39, 0.29) is 0 Å². The predicted molar refractivity (Wildman–Crippen MR) is 79.6 cm³/mol. The highest BCUT2D eigenvalue weighted by molar-refractivity contribution is 7.98. The number of benzene rings is 1.